The monoisotopic (exact) mass is 547 g/mol. The Bertz CT molecular complexity index is 1370. The lowest BCUT2D eigenvalue weighted by molar-refractivity contribution is 0.122. The first-order valence-corrected chi connectivity index (χ1v) is 14.9. The summed E-state index contributed by atoms with van der Waals surface area (Å²) >= 11 is 6.31. The van der Waals surface area contributed by atoms with Gasteiger partial charge in [-0.15, -0.1) is 0 Å². The second-order valence-corrected chi connectivity index (χ2v) is 12.1. The van der Waals surface area contributed by atoms with Gasteiger partial charge in [0, 0.05) is 50.9 Å². The molecule has 1 aromatic carbocycles. The van der Waals surface area contributed by atoms with Crippen LogP contribution in [0.15, 0.2) is 30.3 Å². The number of fused-ring (bicyclic) bond motifs is 1. The van der Waals surface area contributed by atoms with Gasteiger partial charge >= 0.3 is 0 Å². The fraction of sp³-hybridized carbons (Fsp3) is 0.520. The third-order valence-corrected chi connectivity index (χ3v) is 7.72. The SMILES string of the molecule is CN(C)c1cc(N2CCOCC2)n2nc(C3CCCCN3Cc3cc(Cl)ccc3NS(C)(=O)=O)cc2n1. The Balaban J connectivity index is 1.50. The molecule has 200 valence electrons. The molecular formula is C25H34ClN7O3S. The van der Waals surface area contributed by atoms with Crippen LogP contribution in [-0.2, 0) is 21.3 Å². The normalized spacial score (nSPS) is 19.4. The molecule has 2 aromatic heterocycles. The number of ether oxygens (including phenoxy) is 1. The number of rotatable bonds is 7. The minimum Gasteiger partial charge on any atom is -0.378 e. The molecule has 12 heteroatoms. The number of nitrogens with zero attached hydrogens (tertiary/aromatic N) is 6. The van der Waals surface area contributed by atoms with Gasteiger partial charge in [0.2, 0.25) is 10.0 Å². The molecule has 4 heterocycles. The van der Waals surface area contributed by atoms with E-state index in [9.17, 15) is 8.42 Å². The van der Waals surface area contributed by atoms with Crippen LogP contribution in [-0.4, -0.2) is 81.1 Å². The minimum atomic E-state index is -3.42. The van der Waals surface area contributed by atoms with Crippen LogP contribution in [0, 0.1) is 0 Å². The summed E-state index contributed by atoms with van der Waals surface area (Å²) in [6.07, 6.45) is 4.30. The van der Waals surface area contributed by atoms with Crippen LogP contribution in [0.5, 0.6) is 0 Å². The zero-order valence-electron chi connectivity index (χ0n) is 21.5. The van der Waals surface area contributed by atoms with Crippen molar-refractivity contribution in [3.63, 3.8) is 0 Å². The molecule has 0 radical (unpaired) electrons. The largest absolute Gasteiger partial charge is 0.378 e. The Morgan fingerprint density at radius 1 is 1.14 bits per heavy atom. The standard InChI is InChI=1S/C25H34ClN7O3S/c1-30(2)23-16-25(31-10-12-36-13-11-31)33-24(27-23)15-21(28-33)22-6-4-5-9-32(22)17-18-14-19(26)7-8-20(18)29-37(3,34)35/h7-8,14-16,22,29H,4-6,9-13,17H2,1-3H3. The number of hydrogen-bond acceptors (Lipinski definition) is 8. The maximum atomic E-state index is 12.0. The number of sulfonamides is 1. The molecule has 2 fully saturated rings. The third kappa shape index (κ3) is 5.95. The molecule has 0 amide bonds. The summed E-state index contributed by atoms with van der Waals surface area (Å²) in [5.74, 6) is 1.90. The highest BCUT2D eigenvalue weighted by molar-refractivity contribution is 7.92. The Labute approximate surface area is 223 Å². The second kappa shape index (κ2) is 10.6. The van der Waals surface area contributed by atoms with Gasteiger partial charge in [0.15, 0.2) is 5.65 Å². The van der Waals surface area contributed by atoms with Crippen LogP contribution < -0.4 is 14.5 Å². The summed E-state index contributed by atoms with van der Waals surface area (Å²) in [4.78, 5) is 11.6. The molecule has 1 atom stereocenters. The highest BCUT2D eigenvalue weighted by atomic mass is 35.5. The average Bonchev–Trinajstić information content (AvgIpc) is 3.29. The number of likely N-dealkylation sites (tertiary alicyclic amines) is 1. The number of benzene rings is 1. The van der Waals surface area contributed by atoms with Gasteiger partial charge in [-0.3, -0.25) is 9.62 Å². The Hall–Kier alpha value is -2.60. The molecular weight excluding hydrogens is 514 g/mol. The van der Waals surface area contributed by atoms with E-state index in [2.05, 4.69) is 26.7 Å². The fourth-order valence-corrected chi connectivity index (χ4v) is 5.89. The number of aromatic nitrogens is 3. The van der Waals surface area contributed by atoms with E-state index < -0.39 is 10.0 Å². The van der Waals surface area contributed by atoms with E-state index in [1.807, 2.05) is 29.6 Å². The number of hydrogen-bond donors (Lipinski definition) is 1. The third-order valence-electron chi connectivity index (χ3n) is 6.90. The number of piperidine rings is 1. The quantitative estimate of drug-likeness (QED) is 0.481. The topological polar surface area (TPSA) is 95.3 Å². The molecule has 1 unspecified atom stereocenters. The smallest absolute Gasteiger partial charge is 0.229 e. The first-order valence-electron chi connectivity index (χ1n) is 12.6. The first-order chi connectivity index (χ1) is 17.7. The lowest BCUT2D eigenvalue weighted by atomic mass is 9.98. The molecule has 37 heavy (non-hydrogen) atoms. The van der Waals surface area contributed by atoms with Crippen molar-refractivity contribution in [1.82, 2.24) is 19.5 Å². The number of halogens is 1. The van der Waals surface area contributed by atoms with Crippen molar-refractivity contribution in [2.75, 3.05) is 67.7 Å². The van der Waals surface area contributed by atoms with Gasteiger partial charge in [0.1, 0.15) is 11.6 Å². The number of morpholine rings is 1. The summed E-state index contributed by atoms with van der Waals surface area (Å²) < 4.78 is 34.1. The zero-order valence-corrected chi connectivity index (χ0v) is 23.1. The molecule has 1 N–H and O–H groups in total. The molecule has 2 aliphatic heterocycles. The molecule has 10 nitrogen and oxygen atoms in total. The highest BCUT2D eigenvalue weighted by Gasteiger charge is 2.28. The number of nitrogens with one attached hydrogen (secondary N) is 1. The zero-order chi connectivity index (χ0) is 26.2. The summed E-state index contributed by atoms with van der Waals surface area (Å²) in [7, 11) is 0.574. The summed E-state index contributed by atoms with van der Waals surface area (Å²) in [5.41, 5.74) is 3.18. The predicted molar refractivity (Wildman–Crippen MR) is 147 cm³/mol. The summed E-state index contributed by atoms with van der Waals surface area (Å²) in [6, 6.07) is 9.53. The lowest BCUT2D eigenvalue weighted by Gasteiger charge is -2.35. The van der Waals surface area contributed by atoms with E-state index in [1.54, 1.807) is 12.1 Å². The first kappa shape index (κ1) is 26.0. The van der Waals surface area contributed by atoms with Gasteiger partial charge in [0.25, 0.3) is 0 Å². The van der Waals surface area contributed by atoms with Gasteiger partial charge < -0.3 is 14.5 Å². The summed E-state index contributed by atoms with van der Waals surface area (Å²) in [6.45, 7) is 4.44. The van der Waals surface area contributed by atoms with Crippen molar-refractivity contribution in [2.24, 2.45) is 0 Å². The highest BCUT2D eigenvalue weighted by Crippen LogP contribution is 2.35. The molecule has 0 bridgehead atoms. The molecule has 0 aliphatic carbocycles. The average molecular weight is 548 g/mol. The second-order valence-electron chi connectivity index (χ2n) is 9.96. The van der Waals surface area contributed by atoms with Crippen molar-refractivity contribution >= 4 is 44.6 Å². The van der Waals surface area contributed by atoms with Gasteiger partial charge in [-0.2, -0.15) is 9.61 Å². The molecule has 2 aliphatic rings. The van der Waals surface area contributed by atoms with E-state index in [0.29, 0.717) is 30.5 Å². The Morgan fingerprint density at radius 2 is 1.92 bits per heavy atom. The number of anilines is 3. The van der Waals surface area contributed by atoms with Crippen LogP contribution in [0.2, 0.25) is 5.02 Å². The van der Waals surface area contributed by atoms with Crippen molar-refractivity contribution in [2.45, 2.75) is 31.8 Å². The van der Waals surface area contributed by atoms with E-state index in [4.69, 9.17) is 26.4 Å². The van der Waals surface area contributed by atoms with Crippen molar-refractivity contribution in [3.05, 3.63) is 46.6 Å². The van der Waals surface area contributed by atoms with E-state index >= 15 is 0 Å². The Kier molecular flexibility index (Phi) is 7.49. The van der Waals surface area contributed by atoms with Gasteiger partial charge in [-0.05, 0) is 43.1 Å². The molecule has 3 aromatic rings. The van der Waals surface area contributed by atoms with Crippen LogP contribution in [0.4, 0.5) is 17.3 Å². The molecule has 2 saturated heterocycles. The van der Waals surface area contributed by atoms with Crippen LogP contribution in [0.1, 0.15) is 36.6 Å². The maximum Gasteiger partial charge on any atom is 0.229 e. The molecule has 0 saturated carbocycles. The predicted octanol–water partition coefficient (Wildman–Crippen LogP) is 3.38. The van der Waals surface area contributed by atoms with Crippen LogP contribution in [0.3, 0.4) is 0 Å². The van der Waals surface area contributed by atoms with Crippen LogP contribution in [0.25, 0.3) is 5.65 Å². The minimum absolute atomic E-state index is 0.0841. The van der Waals surface area contributed by atoms with Gasteiger partial charge in [-0.1, -0.05) is 18.0 Å². The molecule has 0 spiro atoms. The summed E-state index contributed by atoms with van der Waals surface area (Å²) in [5, 5.41) is 5.65. The maximum absolute atomic E-state index is 12.0. The van der Waals surface area contributed by atoms with E-state index in [1.165, 1.54) is 0 Å². The Morgan fingerprint density at radius 3 is 2.65 bits per heavy atom. The van der Waals surface area contributed by atoms with Gasteiger partial charge in [-0.25, -0.2) is 13.4 Å². The van der Waals surface area contributed by atoms with Gasteiger partial charge in [0.05, 0.1) is 36.9 Å². The van der Waals surface area contributed by atoms with E-state index in [0.717, 1.165) is 73.7 Å². The molecule has 5 rings (SSSR count). The van der Waals surface area contributed by atoms with Crippen molar-refractivity contribution < 1.29 is 13.2 Å². The van der Waals surface area contributed by atoms with E-state index in [-0.39, 0.29) is 6.04 Å². The fourth-order valence-electron chi connectivity index (χ4n) is 5.10. The lowest BCUT2D eigenvalue weighted by Crippen LogP contribution is -2.37. The van der Waals surface area contributed by atoms with Crippen molar-refractivity contribution in [1.29, 1.82) is 0 Å². The van der Waals surface area contributed by atoms with Crippen molar-refractivity contribution in [3.8, 4) is 0 Å². The van der Waals surface area contributed by atoms with Crippen LogP contribution >= 0.6 is 11.6 Å².